The topological polar surface area (TPSA) is 56.2 Å². The summed E-state index contributed by atoms with van der Waals surface area (Å²) in [6, 6.07) is 8.14. The zero-order valence-corrected chi connectivity index (χ0v) is 10.5. The van der Waals surface area contributed by atoms with Crippen molar-refractivity contribution in [1.82, 2.24) is 19.5 Å². The number of imidazole rings is 1. The molecule has 3 aromatic heterocycles. The number of fused-ring (bicyclic) bond motifs is 1. The summed E-state index contributed by atoms with van der Waals surface area (Å²) in [4.78, 5) is 8.61. The zero-order chi connectivity index (χ0) is 13.4. The molecule has 0 amide bonds. The molecule has 96 valence electrons. The van der Waals surface area contributed by atoms with Crippen LogP contribution in [0.5, 0.6) is 0 Å². The molecule has 20 heavy (non-hydrogen) atoms. The van der Waals surface area contributed by atoms with Gasteiger partial charge in [0.1, 0.15) is 6.26 Å². The fourth-order valence-electron chi connectivity index (χ4n) is 2.16. The van der Waals surface area contributed by atoms with Crippen LogP contribution in [-0.4, -0.2) is 19.5 Å². The van der Waals surface area contributed by atoms with Crippen molar-refractivity contribution < 1.29 is 4.52 Å². The molecule has 5 heteroatoms. The molecule has 0 N–H and O–H groups in total. The number of aromatic nitrogens is 4. The minimum absolute atomic E-state index is 0.839. The van der Waals surface area contributed by atoms with Crippen LogP contribution < -0.4 is 0 Å². The maximum atomic E-state index is 4.85. The van der Waals surface area contributed by atoms with Gasteiger partial charge in [0.15, 0.2) is 5.65 Å². The van der Waals surface area contributed by atoms with Crippen LogP contribution >= 0.6 is 0 Å². The minimum atomic E-state index is 0.839. The Kier molecular flexibility index (Phi) is 2.35. The first kappa shape index (κ1) is 10.9. The van der Waals surface area contributed by atoms with Gasteiger partial charge in [-0.3, -0.25) is 4.98 Å². The number of rotatable bonds is 2. The van der Waals surface area contributed by atoms with E-state index >= 15 is 0 Å². The van der Waals surface area contributed by atoms with Crippen LogP contribution in [-0.2, 0) is 0 Å². The van der Waals surface area contributed by atoms with E-state index in [1.165, 1.54) is 0 Å². The van der Waals surface area contributed by atoms with Crippen molar-refractivity contribution >= 4 is 5.65 Å². The summed E-state index contributed by atoms with van der Waals surface area (Å²) in [5.41, 5.74) is 4.87. The molecular formula is C15H10N4O. The predicted octanol–water partition coefficient (Wildman–Crippen LogP) is 3.05. The van der Waals surface area contributed by atoms with E-state index in [1.807, 2.05) is 41.1 Å². The summed E-state index contributed by atoms with van der Waals surface area (Å²) in [7, 11) is 0. The lowest BCUT2D eigenvalue weighted by Gasteiger charge is -1.99. The summed E-state index contributed by atoms with van der Waals surface area (Å²) in [5.74, 6) is 0. The lowest BCUT2D eigenvalue weighted by atomic mass is 10.1. The molecule has 1 aromatic carbocycles. The second-order valence-corrected chi connectivity index (χ2v) is 4.46. The van der Waals surface area contributed by atoms with Gasteiger partial charge in [0.05, 0.1) is 18.1 Å². The molecule has 0 radical (unpaired) electrons. The maximum absolute atomic E-state index is 4.85. The maximum Gasteiger partial charge on any atom is 0.155 e. The van der Waals surface area contributed by atoms with Crippen LogP contribution in [0.2, 0.25) is 0 Å². The van der Waals surface area contributed by atoms with Gasteiger partial charge in [0.2, 0.25) is 0 Å². The minimum Gasteiger partial charge on any atom is -0.364 e. The molecule has 0 aliphatic carbocycles. The highest BCUT2D eigenvalue weighted by molar-refractivity contribution is 5.68. The Hall–Kier alpha value is -2.95. The van der Waals surface area contributed by atoms with Crippen LogP contribution in [0.15, 0.2) is 66.0 Å². The molecular weight excluding hydrogens is 252 g/mol. The second-order valence-electron chi connectivity index (χ2n) is 4.46. The third-order valence-electron chi connectivity index (χ3n) is 3.21. The Bertz CT molecular complexity index is 814. The molecule has 0 aliphatic rings. The Morgan fingerprint density at radius 1 is 0.950 bits per heavy atom. The molecule has 0 unspecified atom stereocenters. The van der Waals surface area contributed by atoms with Crippen molar-refractivity contribution in [3.05, 3.63) is 61.5 Å². The van der Waals surface area contributed by atoms with Crippen molar-refractivity contribution in [2.45, 2.75) is 0 Å². The highest BCUT2D eigenvalue weighted by Gasteiger charge is 2.05. The number of nitrogens with zero attached hydrogens (tertiary/aromatic N) is 4. The second kappa shape index (κ2) is 4.31. The third-order valence-corrected chi connectivity index (χ3v) is 3.21. The van der Waals surface area contributed by atoms with E-state index in [1.54, 1.807) is 24.9 Å². The van der Waals surface area contributed by atoms with Gasteiger partial charge in [-0.25, -0.2) is 4.98 Å². The molecule has 3 heterocycles. The quantitative estimate of drug-likeness (QED) is 0.557. The molecule has 0 bridgehead atoms. The van der Waals surface area contributed by atoms with Gasteiger partial charge in [0.25, 0.3) is 0 Å². The SMILES string of the molecule is c1cn2cc(-c3ccc(-c4cnoc4)cc3)nc2cn1. The highest BCUT2D eigenvalue weighted by atomic mass is 16.5. The molecule has 0 saturated carbocycles. The van der Waals surface area contributed by atoms with Gasteiger partial charge in [-0.15, -0.1) is 0 Å². The van der Waals surface area contributed by atoms with Gasteiger partial charge in [0, 0.05) is 29.7 Å². The van der Waals surface area contributed by atoms with E-state index in [4.69, 9.17) is 4.52 Å². The first-order valence-electron chi connectivity index (χ1n) is 6.19. The van der Waals surface area contributed by atoms with Crippen LogP contribution in [0.4, 0.5) is 0 Å². The van der Waals surface area contributed by atoms with Crippen LogP contribution in [0.25, 0.3) is 28.0 Å². The summed E-state index contributed by atoms with van der Waals surface area (Å²) < 4.78 is 6.81. The standard InChI is InChI=1S/C15H10N4O/c1-3-12(4-2-11(1)13-7-17-20-10-13)14-9-19-6-5-16-8-15(19)18-14/h1-10H. The molecule has 0 fully saturated rings. The molecule has 0 atom stereocenters. The molecule has 4 aromatic rings. The Labute approximate surface area is 114 Å². The molecule has 0 saturated heterocycles. The van der Waals surface area contributed by atoms with E-state index in [0.717, 1.165) is 28.0 Å². The highest BCUT2D eigenvalue weighted by Crippen LogP contribution is 2.24. The number of benzene rings is 1. The van der Waals surface area contributed by atoms with Crippen molar-refractivity contribution in [1.29, 1.82) is 0 Å². The van der Waals surface area contributed by atoms with Gasteiger partial charge >= 0.3 is 0 Å². The lowest BCUT2D eigenvalue weighted by molar-refractivity contribution is 0.420. The van der Waals surface area contributed by atoms with Crippen LogP contribution in [0, 0.1) is 0 Å². The van der Waals surface area contributed by atoms with E-state index in [-0.39, 0.29) is 0 Å². The normalized spacial score (nSPS) is 11.0. The van der Waals surface area contributed by atoms with Crippen LogP contribution in [0.3, 0.4) is 0 Å². The lowest BCUT2D eigenvalue weighted by Crippen LogP contribution is -1.81. The van der Waals surface area contributed by atoms with Crippen molar-refractivity contribution in [3.63, 3.8) is 0 Å². The van der Waals surface area contributed by atoms with E-state index < -0.39 is 0 Å². The summed E-state index contributed by atoms with van der Waals surface area (Å²) in [5, 5.41) is 3.71. The molecule has 4 rings (SSSR count). The number of hydrogen-bond acceptors (Lipinski definition) is 4. The largest absolute Gasteiger partial charge is 0.364 e. The first-order chi connectivity index (χ1) is 9.90. The first-order valence-corrected chi connectivity index (χ1v) is 6.19. The predicted molar refractivity (Wildman–Crippen MR) is 73.9 cm³/mol. The van der Waals surface area contributed by atoms with E-state index in [2.05, 4.69) is 15.1 Å². The van der Waals surface area contributed by atoms with Crippen LogP contribution in [0.1, 0.15) is 0 Å². The Morgan fingerprint density at radius 3 is 2.55 bits per heavy atom. The van der Waals surface area contributed by atoms with Gasteiger partial charge in [-0.1, -0.05) is 29.4 Å². The van der Waals surface area contributed by atoms with Gasteiger partial charge in [-0.2, -0.15) is 0 Å². The number of hydrogen-bond donors (Lipinski definition) is 0. The van der Waals surface area contributed by atoms with Crippen molar-refractivity contribution in [2.24, 2.45) is 0 Å². The molecule has 5 nitrogen and oxygen atoms in total. The molecule has 0 spiro atoms. The summed E-state index contributed by atoms with van der Waals surface area (Å²) in [6.07, 6.45) is 10.7. The summed E-state index contributed by atoms with van der Waals surface area (Å²) >= 11 is 0. The Morgan fingerprint density at radius 2 is 1.80 bits per heavy atom. The molecule has 0 aliphatic heterocycles. The van der Waals surface area contributed by atoms with Gasteiger partial charge < -0.3 is 8.92 Å². The van der Waals surface area contributed by atoms with Crippen molar-refractivity contribution in [3.8, 4) is 22.4 Å². The fraction of sp³-hybridized carbons (Fsp3) is 0. The third kappa shape index (κ3) is 1.76. The Balaban J connectivity index is 1.75. The smallest absolute Gasteiger partial charge is 0.155 e. The van der Waals surface area contributed by atoms with Crippen molar-refractivity contribution in [2.75, 3.05) is 0 Å². The van der Waals surface area contributed by atoms with E-state index in [0.29, 0.717) is 0 Å². The van der Waals surface area contributed by atoms with Gasteiger partial charge in [-0.05, 0) is 5.56 Å². The van der Waals surface area contributed by atoms with E-state index in [9.17, 15) is 0 Å². The monoisotopic (exact) mass is 262 g/mol. The average molecular weight is 262 g/mol. The average Bonchev–Trinajstić information content (AvgIpc) is 3.17. The summed E-state index contributed by atoms with van der Waals surface area (Å²) in [6.45, 7) is 0. The zero-order valence-electron chi connectivity index (χ0n) is 10.5. The fourth-order valence-corrected chi connectivity index (χ4v) is 2.16.